The third kappa shape index (κ3) is 4.28. The van der Waals surface area contributed by atoms with Crippen molar-refractivity contribution in [1.29, 1.82) is 0 Å². The topological polar surface area (TPSA) is 87.0 Å². The molecule has 2 aliphatic heterocycles. The number of carbonyl (C=O) groups excluding carboxylic acids is 1. The molecule has 0 spiro atoms. The Morgan fingerprint density at radius 2 is 1.97 bits per heavy atom. The number of pyridine rings is 1. The number of halogens is 1. The Bertz CT molecular complexity index is 1040. The van der Waals surface area contributed by atoms with Crippen molar-refractivity contribution in [3.63, 3.8) is 0 Å². The highest BCUT2D eigenvalue weighted by Gasteiger charge is 2.43. The summed E-state index contributed by atoms with van der Waals surface area (Å²) in [5.41, 5.74) is 0.760. The minimum atomic E-state index is -0.546. The fourth-order valence-electron chi connectivity index (χ4n) is 4.56. The predicted octanol–water partition coefficient (Wildman–Crippen LogP) is 1.51. The predicted molar refractivity (Wildman–Crippen MR) is 117 cm³/mol. The maximum atomic E-state index is 13.3. The lowest BCUT2D eigenvalue weighted by atomic mass is 10.0. The van der Waals surface area contributed by atoms with Gasteiger partial charge in [-0.3, -0.25) is 14.5 Å². The van der Waals surface area contributed by atoms with Crippen LogP contribution in [-0.4, -0.2) is 64.4 Å². The Balaban J connectivity index is 1.57. The van der Waals surface area contributed by atoms with Gasteiger partial charge >= 0.3 is 0 Å². The summed E-state index contributed by atoms with van der Waals surface area (Å²) < 4.78 is 20.0. The quantitative estimate of drug-likeness (QED) is 0.673. The lowest BCUT2D eigenvalue weighted by Gasteiger charge is -2.50. The van der Waals surface area contributed by atoms with E-state index in [4.69, 9.17) is 4.74 Å². The summed E-state index contributed by atoms with van der Waals surface area (Å²) in [5, 5.41) is 13.8. The number of hydrogen-bond acceptors (Lipinski definition) is 6. The van der Waals surface area contributed by atoms with E-state index in [0.29, 0.717) is 31.8 Å². The van der Waals surface area contributed by atoms with Crippen molar-refractivity contribution in [2.75, 3.05) is 26.8 Å². The van der Waals surface area contributed by atoms with Crippen molar-refractivity contribution < 1.29 is 19.0 Å². The molecule has 0 unspecified atom stereocenters. The molecule has 172 valence electrons. The number of benzene rings is 1. The van der Waals surface area contributed by atoms with Gasteiger partial charge in [-0.25, -0.2) is 4.39 Å². The molecule has 0 bridgehead atoms. The van der Waals surface area contributed by atoms with Crippen LogP contribution < -0.4 is 10.7 Å². The van der Waals surface area contributed by atoms with Gasteiger partial charge in [-0.05, 0) is 31.0 Å². The van der Waals surface area contributed by atoms with Gasteiger partial charge in [0, 0.05) is 51.1 Å². The first-order valence-electron chi connectivity index (χ1n) is 10.9. The molecular formula is C23H29FN4O4. The number of rotatable bonds is 7. The number of hydrogen-bond donors (Lipinski definition) is 2. The van der Waals surface area contributed by atoms with Crippen LogP contribution in [0, 0.1) is 5.82 Å². The second kappa shape index (κ2) is 9.40. The van der Waals surface area contributed by atoms with Crippen molar-refractivity contribution in [3.05, 3.63) is 63.3 Å². The molecule has 2 N–H and O–H groups in total. The molecule has 1 aromatic heterocycles. The van der Waals surface area contributed by atoms with Crippen molar-refractivity contribution in [2.45, 2.75) is 45.2 Å². The first-order valence-corrected chi connectivity index (χ1v) is 10.9. The number of aromatic hydroxyl groups is 1. The second-order valence-electron chi connectivity index (χ2n) is 8.42. The smallest absolute Gasteiger partial charge is 0.276 e. The van der Waals surface area contributed by atoms with E-state index in [2.05, 4.69) is 10.2 Å². The van der Waals surface area contributed by atoms with Crippen LogP contribution in [0.4, 0.5) is 4.39 Å². The van der Waals surface area contributed by atoms with Crippen LogP contribution in [0.2, 0.25) is 0 Å². The fraction of sp³-hybridized carbons (Fsp3) is 0.478. The normalized spacial score (nSPS) is 20.8. The van der Waals surface area contributed by atoms with E-state index in [9.17, 15) is 19.1 Å². The summed E-state index contributed by atoms with van der Waals surface area (Å²) >= 11 is 0. The monoisotopic (exact) mass is 444 g/mol. The van der Waals surface area contributed by atoms with E-state index < -0.39 is 11.2 Å². The Labute approximate surface area is 186 Å². The highest BCUT2D eigenvalue weighted by molar-refractivity contribution is 5.96. The van der Waals surface area contributed by atoms with Gasteiger partial charge in [0.15, 0.2) is 11.4 Å². The van der Waals surface area contributed by atoms with Gasteiger partial charge in [0.25, 0.3) is 5.91 Å². The molecule has 9 heteroatoms. The number of ether oxygens (including phenoxy) is 1. The molecule has 8 nitrogen and oxygen atoms in total. The molecule has 3 heterocycles. The molecule has 1 aromatic carbocycles. The van der Waals surface area contributed by atoms with Crippen molar-refractivity contribution >= 4 is 5.91 Å². The van der Waals surface area contributed by atoms with Gasteiger partial charge in [0.05, 0.1) is 13.2 Å². The molecule has 0 saturated carbocycles. The molecular weight excluding hydrogens is 415 g/mol. The SMILES string of the molecule is COCCN1CC[C@H](C)N2C(=O)c3c(O)c(=O)c(CNCc4ccc(F)cc4)cn3C[C@@H]12. The van der Waals surface area contributed by atoms with Gasteiger partial charge < -0.3 is 24.6 Å². The molecule has 4 rings (SSSR count). The van der Waals surface area contributed by atoms with E-state index in [1.807, 2.05) is 6.92 Å². The van der Waals surface area contributed by atoms with Gasteiger partial charge in [-0.1, -0.05) is 12.1 Å². The average molecular weight is 445 g/mol. The van der Waals surface area contributed by atoms with Crippen LogP contribution in [0.5, 0.6) is 5.75 Å². The largest absolute Gasteiger partial charge is 0.503 e. The summed E-state index contributed by atoms with van der Waals surface area (Å²) in [6.07, 6.45) is 2.33. The number of amides is 1. The van der Waals surface area contributed by atoms with Crippen LogP contribution in [0.25, 0.3) is 0 Å². The number of methoxy groups -OCH3 is 1. The molecule has 1 saturated heterocycles. The molecule has 1 amide bonds. The zero-order chi connectivity index (χ0) is 22.8. The molecule has 2 aromatic rings. The van der Waals surface area contributed by atoms with Crippen LogP contribution in [0.1, 0.15) is 35.0 Å². The summed E-state index contributed by atoms with van der Waals surface area (Å²) in [6.45, 7) is 5.24. The molecule has 2 aliphatic rings. The number of nitrogens with zero attached hydrogens (tertiary/aromatic N) is 3. The number of carbonyl (C=O) groups is 1. The Hall–Kier alpha value is -2.75. The minimum Gasteiger partial charge on any atom is -0.503 e. The third-order valence-electron chi connectivity index (χ3n) is 6.32. The van der Waals surface area contributed by atoms with E-state index in [-0.39, 0.29) is 36.2 Å². The van der Waals surface area contributed by atoms with Crippen molar-refractivity contribution in [1.82, 2.24) is 19.7 Å². The van der Waals surface area contributed by atoms with Gasteiger partial charge in [-0.15, -0.1) is 0 Å². The summed E-state index contributed by atoms with van der Waals surface area (Å²) in [4.78, 5) is 30.1. The number of nitrogens with one attached hydrogen (secondary N) is 1. The molecule has 2 atom stereocenters. The molecule has 0 aliphatic carbocycles. The minimum absolute atomic E-state index is 0.0200. The molecule has 0 radical (unpaired) electrons. The van der Waals surface area contributed by atoms with Crippen LogP contribution in [-0.2, 0) is 24.4 Å². The van der Waals surface area contributed by atoms with Crippen LogP contribution in [0.15, 0.2) is 35.3 Å². The van der Waals surface area contributed by atoms with Gasteiger partial charge in [-0.2, -0.15) is 0 Å². The maximum Gasteiger partial charge on any atom is 0.276 e. The maximum absolute atomic E-state index is 13.3. The Morgan fingerprint density at radius 1 is 1.22 bits per heavy atom. The highest BCUT2D eigenvalue weighted by atomic mass is 19.1. The number of aromatic nitrogens is 1. The fourth-order valence-corrected chi connectivity index (χ4v) is 4.56. The Kier molecular flexibility index (Phi) is 6.59. The van der Waals surface area contributed by atoms with Crippen LogP contribution >= 0.6 is 0 Å². The zero-order valence-electron chi connectivity index (χ0n) is 18.4. The third-order valence-corrected chi connectivity index (χ3v) is 6.32. The lowest BCUT2D eigenvalue weighted by Crippen LogP contribution is -2.64. The highest BCUT2D eigenvalue weighted by Crippen LogP contribution is 2.30. The van der Waals surface area contributed by atoms with E-state index >= 15 is 0 Å². The summed E-state index contributed by atoms with van der Waals surface area (Å²) in [5.74, 6) is -1.13. The molecule has 32 heavy (non-hydrogen) atoms. The first-order chi connectivity index (χ1) is 15.4. The van der Waals surface area contributed by atoms with Gasteiger partial charge in [0.1, 0.15) is 12.0 Å². The van der Waals surface area contributed by atoms with E-state index in [0.717, 1.165) is 18.5 Å². The Morgan fingerprint density at radius 3 is 2.69 bits per heavy atom. The zero-order valence-corrected chi connectivity index (χ0v) is 18.4. The number of fused-ring (bicyclic) bond motifs is 2. The average Bonchev–Trinajstić information content (AvgIpc) is 2.77. The van der Waals surface area contributed by atoms with E-state index in [1.165, 1.54) is 12.1 Å². The second-order valence-corrected chi connectivity index (χ2v) is 8.42. The lowest BCUT2D eigenvalue weighted by molar-refractivity contribution is -0.0396. The van der Waals surface area contributed by atoms with Crippen LogP contribution in [0.3, 0.4) is 0 Å². The standard InChI is InChI=1S/C23H29FN4O4/c1-15-7-8-26(9-10-32-2)19-14-27-13-17(12-25-11-16-3-5-18(24)6-4-16)21(29)22(30)20(27)23(31)28(15)19/h3-6,13,15,19,25,30H,7-12,14H2,1-2H3/t15-,19-/m0/s1. The van der Waals surface area contributed by atoms with E-state index in [1.54, 1.807) is 34.9 Å². The van der Waals surface area contributed by atoms with Gasteiger partial charge in [0.2, 0.25) is 5.43 Å². The first kappa shape index (κ1) is 22.4. The van der Waals surface area contributed by atoms with Crippen molar-refractivity contribution in [2.24, 2.45) is 0 Å². The molecule has 1 fully saturated rings. The summed E-state index contributed by atoms with van der Waals surface area (Å²) in [7, 11) is 1.65. The summed E-state index contributed by atoms with van der Waals surface area (Å²) in [6, 6.07) is 6.13. The van der Waals surface area contributed by atoms with Crippen molar-refractivity contribution in [3.8, 4) is 5.75 Å².